The van der Waals surface area contributed by atoms with Gasteiger partial charge in [0, 0.05) is 11.4 Å². The van der Waals surface area contributed by atoms with Crippen molar-refractivity contribution in [3.8, 4) is 0 Å². The summed E-state index contributed by atoms with van der Waals surface area (Å²) in [6.07, 6.45) is 0. The molecule has 8 heteroatoms. The molecule has 0 aliphatic heterocycles. The van der Waals surface area contributed by atoms with Crippen LogP contribution < -0.4 is 11.5 Å². The number of aromatic carboxylic acids is 1. The Morgan fingerprint density at radius 2 is 1.46 bits per heavy atom. The maximum Gasteiger partial charge on any atom is 0.340 e. The molecule has 0 unspecified atom stereocenters. The molecular formula is C16H16F2N2O4. The first-order chi connectivity index (χ1) is 11.3. The van der Waals surface area contributed by atoms with Crippen molar-refractivity contribution < 1.29 is 28.2 Å². The zero-order valence-electron chi connectivity index (χ0n) is 12.8. The predicted octanol–water partition coefficient (Wildman–Crippen LogP) is 2.69. The van der Waals surface area contributed by atoms with Crippen molar-refractivity contribution in [3.63, 3.8) is 0 Å². The van der Waals surface area contributed by atoms with E-state index in [1.165, 1.54) is 18.2 Å². The summed E-state index contributed by atoms with van der Waals surface area (Å²) in [5.41, 5.74) is 10.9. The molecule has 0 aromatic heterocycles. The maximum absolute atomic E-state index is 12.7. The molecule has 0 radical (unpaired) electrons. The highest BCUT2D eigenvalue weighted by atomic mass is 19.1. The number of nitrogen functional groups attached to an aromatic ring is 2. The molecule has 0 spiro atoms. The number of benzene rings is 2. The van der Waals surface area contributed by atoms with Crippen LogP contribution in [0.3, 0.4) is 0 Å². The van der Waals surface area contributed by atoms with E-state index in [0.717, 1.165) is 18.2 Å². The molecule has 2 aromatic carbocycles. The molecule has 2 rings (SSSR count). The molecule has 0 fully saturated rings. The highest BCUT2D eigenvalue weighted by molar-refractivity contribution is 5.95. The zero-order chi connectivity index (χ0) is 18.3. The van der Waals surface area contributed by atoms with Crippen LogP contribution in [0.15, 0.2) is 36.4 Å². The Morgan fingerprint density at radius 1 is 1.00 bits per heavy atom. The van der Waals surface area contributed by atoms with Gasteiger partial charge in [0.2, 0.25) is 0 Å². The Labute approximate surface area is 136 Å². The molecule has 5 N–H and O–H groups in total. The van der Waals surface area contributed by atoms with Gasteiger partial charge in [0.05, 0.1) is 17.7 Å². The largest absolute Gasteiger partial charge is 0.478 e. The Kier molecular flexibility index (Phi) is 6.66. The van der Waals surface area contributed by atoms with Crippen molar-refractivity contribution >= 4 is 23.3 Å². The summed E-state index contributed by atoms with van der Waals surface area (Å²) in [7, 11) is 0. The van der Waals surface area contributed by atoms with E-state index in [2.05, 4.69) is 4.74 Å². The van der Waals surface area contributed by atoms with Crippen molar-refractivity contribution in [2.75, 3.05) is 18.1 Å². The van der Waals surface area contributed by atoms with Crippen LogP contribution in [0.2, 0.25) is 0 Å². The Bertz CT molecular complexity index is 751. The minimum atomic E-state index is -1.22. The fraction of sp³-hybridized carbons (Fsp3) is 0.125. The molecule has 0 saturated carbocycles. The molecule has 0 bridgehead atoms. The van der Waals surface area contributed by atoms with Crippen LogP contribution in [0.5, 0.6) is 0 Å². The minimum Gasteiger partial charge on any atom is -0.478 e. The van der Waals surface area contributed by atoms with E-state index in [1.54, 1.807) is 6.92 Å². The van der Waals surface area contributed by atoms with Gasteiger partial charge in [0.15, 0.2) is 0 Å². The first-order valence-corrected chi connectivity index (χ1v) is 6.76. The molecule has 0 heterocycles. The van der Waals surface area contributed by atoms with E-state index in [9.17, 15) is 18.4 Å². The van der Waals surface area contributed by atoms with Gasteiger partial charge in [-0.15, -0.1) is 0 Å². The smallest absolute Gasteiger partial charge is 0.340 e. The monoisotopic (exact) mass is 338 g/mol. The first kappa shape index (κ1) is 18.9. The second-order valence-electron chi connectivity index (χ2n) is 4.49. The number of anilines is 2. The van der Waals surface area contributed by atoms with Crippen LogP contribution in [0, 0.1) is 11.6 Å². The van der Waals surface area contributed by atoms with Crippen molar-refractivity contribution in [2.45, 2.75) is 6.92 Å². The van der Waals surface area contributed by atoms with Gasteiger partial charge in [-0.2, -0.15) is 0 Å². The molecule has 0 saturated heterocycles. The van der Waals surface area contributed by atoms with E-state index < -0.39 is 23.6 Å². The topological polar surface area (TPSA) is 116 Å². The van der Waals surface area contributed by atoms with E-state index >= 15 is 0 Å². The number of nitrogens with two attached hydrogens (primary N) is 2. The van der Waals surface area contributed by atoms with Crippen molar-refractivity contribution in [1.82, 2.24) is 0 Å². The molecule has 6 nitrogen and oxygen atoms in total. The fourth-order valence-corrected chi connectivity index (χ4v) is 1.63. The molecule has 128 valence electrons. The van der Waals surface area contributed by atoms with Crippen molar-refractivity contribution in [2.24, 2.45) is 0 Å². The molecule has 0 aliphatic rings. The third-order valence-electron chi connectivity index (χ3n) is 2.76. The van der Waals surface area contributed by atoms with Gasteiger partial charge in [-0.25, -0.2) is 18.4 Å². The lowest BCUT2D eigenvalue weighted by molar-refractivity contribution is 0.0526. The average Bonchev–Trinajstić information content (AvgIpc) is 2.52. The zero-order valence-corrected chi connectivity index (χ0v) is 12.8. The van der Waals surface area contributed by atoms with Gasteiger partial charge < -0.3 is 21.3 Å². The lowest BCUT2D eigenvalue weighted by Gasteiger charge is -2.04. The number of hydrogen-bond acceptors (Lipinski definition) is 5. The van der Waals surface area contributed by atoms with Crippen LogP contribution >= 0.6 is 0 Å². The molecule has 2 aromatic rings. The Hall–Kier alpha value is -3.16. The van der Waals surface area contributed by atoms with E-state index in [-0.39, 0.29) is 29.1 Å². The number of ether oxygens (including phenoxy) is 1. The second kappa shape index (κ2) is 8.47. The Balaban J connectivity index is 0.000000243. The van der Waals surface area contributed by atoms with Gasteiger partial charge in [0.25, 0.3) is 0 Å². The summed E-state index contributed by atoms with van der Waals surface area (Å²) in [4.78, 5) is 21.5. The normalized spacial score (nSPS) is 9.62. The van der Waals surface area contributed by atoms with E-state index in [1.807, 2.05) is 0 Å². The van der Waals surface area contributed by atoms with Crippen LogP contribution in [0.25, 0.3) is 0 Å². The Morgan fingerprint density at radius 3 is 1.88 bits per heavy atom. The fourth-order valence-electron chi connectivity index (χ4n) is 1.63. The van der Waals surface area contributed by atoms with Gasteiger partial charge in [-0.3, -0.25) is 0 Å². The highest BCUT2D eigenvalue weighted by Gasteiger charge is 2.11. The van der Waals surface area contributed by atoms with Crippen LogP contribution in [-0.4, -0.2) is 23.7 Å². The SMILES string of the molecule is CCOC(=O)c1cc(F)ccc1N.Nc1ccc(F)cc1C(=O)O. The number of carbonyl (C=O) groups excluding carboxylic acids is 1. The number of carboxylic acid groups (broad SMARTS) is 1. The number of rotatable bonds is 3. The maximum atomic E-state index is 12.7. The van der Waals surface area contributed by atoms with Crippen molar-refractivity contribution in [3.05, 3.63) is 59.2 Å². The average molecular weight is 338 g/mol. The summed E-state index contributed by atoms with van der Waals surface area (Å²) in [6.45, 7) is 1.92. The first-order valence-electron chi connectivity index (χ1n) is 6.76. The summed E-state index contributed by atoms with van der Waals surface area (Å²) in [5, 5.41) is 8.44. The predicted molar refractivity (Wildman–Crippen MR) is 84.5 cm³/mol. The molecule has 24 heavy (non-hydrogen) atoms. The summed E-state index contributed by atoms with van der Waals surface area (Å²) >= 11 is 0. The van der Waals surface area contributed by atoms with Crippen LogP contribution in [-0.2, 0) is 4.74 Å². The quantitative estimate of drug-likeness (QED) is 0.585. The number of hydrogen-bond donors (Lipinski definition) is 3. The summed E-state index contributed by atoms with van der Waals surface area (Å²) in [6, 6.07) is 6.81. The van der Waals surface area contributed by atoms with Gasteiger partial charge in [0.1, 0.15) is 11.6 Å². The third-order valence-corrected chi connectivity index (χ3v) is 2.76. The summed E-state index contributed by atoms with van der Waals surface area (Å²) in [5.74, 6) is -2.92. The molecular weight excluding hydrogens is 322 g/mol. The number of carboxylic acids is 1. The third kappa shape index (κ3) is 5.24. The molecule has 0 atom stereocenters. The number of carbonyl (C=O) groups is 2. The lowest BCUT2D eigenvalue weighted by Crippen LogP contribution is -2.08. The van der Waals surface area contributed by atoms with Crippen LogP contribution in [0.1, 0.15) is 27.6 Å². The van der Waals surface area contributed by atoms with Crippen LogP contribution in [0.4, 0.5) is 20.2 Å². The molecule has 0 aliphatic carbocycles. The summed E-state index contributed by atoms with van der Waals surface area (Å²) < 4.78 is 29.8. The van der Waals surface area contributed by atoms with Gasteiger partial charge >= 0.3 is 11.9 Å². The van der Waals surface area contributed by atoms with Gasteiger partial charge in [-0.1, -0.05) is 0 Å². The lowest BCUT2D eigenvalue weighted by atomic mass is 10.2. The molecule has 0 amide bonds. The highest BCUT2D eigenvalue weighted by Crippen LogP contribution is 2.14. The van der Waals surface area contributed by atoms with Crippen molar-refractivity contribution in [1.29, 1.82) is 0 Å². The minimum absolute atomic E-state index is 0.0684. The standard InChI is InChI=1S/C9H10FNO2.C7H6FNO2/c1-2-13-9(12)7-5-6(10)3-4-8(7)11;8-4-1-2-6(9)5(3-4)7(10)11/h3-5H,2,11H2,1H3;1-3H,9H2,(H,10,11). The number of halogens is 2. The second-order valence-corrected chi connectivity index (χ2v) is 4.49. The van der Waals surface area contributed by atoms with E-state index in [4.69, 9.17) is 16.6 Å². The van der Waals surface area contributed by atoms with Gasteiger partial charge in [-0.05, 0) is 43.3 Å². The number of esters is 1. The van der Waals surface area contributed by atoms with E-state index in [0.29, 0.717) is 0 Å².